The number of ether oxygens (including phenoxy) is 7. The molecule has 9 atom stereocenters. The Hall–Kier alpha value is -3.51. The molecule has 0 bridgehead atoms. The summed E-state index contributed by atoms with van der Waals surface area (Å²) in [6, 6.07) is 9.10. The standard InChI is InChI=1S/C30H38O15/c1-39-20-11-15(3-6-17(20)32)5-8-23(35)44-27-22(13-31)43-30(41-10-9-16-4-7-18(33)21(12-16)40-2)26(38)28(27)45-29-25(37)24(36)19(34)14-42-29/h3-8,11-12,19,22,24-34,36-38H,9-10,13-14H2,1-2H3/t19-,22-,24+,25-,26-,27-,28-,29+,30-/m1/s1. The van der Waals surface area contributed by atoms with Gasteiger partial charge in [0.1, 0.15) is 36.6 Å². The highest BCUT2D eigenvalue weighted by molar-refractivity contribution is 5.87. The van der Waals surface area contributed by atoms with Crippen LogP contribution in [0.15, 0.2) is 42.5 Å². The number of carbonyl (C=O) groups excluding carboxylic acids is 1. The smallest absolute Gasteiger partial charge is 0.331 e. The van der Waals surface area contributed by atoms with Gasteiger partial charge in [-0.3, -0.25) is 0 Å². The Kier molecular flexibility index (Phi) is 12.0. The van der Waals surface area contributed by atoms with Crippen molar-refractivity contribution in [1.82, 2.24) is 0 Å². The molecular weight excluding hydrogens is 600 g/mol. The summed E-state index contributed by atoms with van der Waals surface area (Å²) >= 11 is 0. The first kappa shape index (κ1) is 34.4. The molecule has 15 nitrogen and oxygen atoms in total. The summed E-state index contributed by atoms with van der Waals surface area (Å²) in [5, 5.41) is 71.4. The highest BCUT2D eigenvalue weighted by Gasteiger charge is 2.51. The van der Waals surface area contributed by atoms with Gasteiger partial charge in [0.2, 0.25) is 0 Å². The Morgan fingerprint density at radius 2 is 1.60 bits per heavy atom. The number of rotatable bonds is 12. The third-order valence-corrected chi connectivity index (χ3v) is 7.32. The van der Waals surface area contributed by atoms with Crippen molar-refractivity contribution in [2.45, 2.75) is 61.7 Å². The van der Waals surface area contributed by atoms with Crippen LogP contribution in [0.1, 0.15) is 11.1 Å². The second kappa shape index (κ2) is 15.7. The summed E-state index contributed by atoms with van der Waals surface area (Å²) in [6.45, 7) is -1.10. The molecule has 45 heavy (non-hydrogen) atoms. The fourth-order valence-corrected chi connectivity index (χ4v) is 4.84. The van der Waals surface area contributed by atoms with E-state index in [-0.39, 0.29) is 29.6 Å². The van der Waals surface area contributed by atoms with Crippen LogP contribution in [0.4, 0.5) is 0 Å². The van der Waals surface area contributed by atoms with Crippen LogP contribution in [0, 0.1) is 0 Å². The van der Waals surface area contributed by atoms with Gasteiger partial charge in [-0.2, -0.15) is 0 Å². The van der Waals surface area contributed by atoms with Crippen LogP contribution in [0.25, 0.3) is 6.08 Å². The van der Waals surface area contributed by atoms with Crippen molar-refractivity contribution in [3.8, 4) is 23.0 Å². The number of esters is 1. The maximum atomic E-state index is 12.9. The molecule has 7 N–H and O–H groups in total. The van der Waals surface area contributed by atoms with E-state index in [1.54, 1.807) is 12.1 Å². The lowest BCUT2D eigenvalue weighted by molar-refractivity contribution is -0.349. The molecule has 2 aliphatic heterocycles. The van der Waals surface area contributed by atoms with Gasteiger partial charge in [0.05, 0.1) is 34.0 Å². The van der Waals surface area contributed by atoms with E-state index in [9.17, 15) is 40.5 Å². The van der Waals surface area contributed by atoms with Crippen LogP contribution in [0.3, 0.4) is 0 Å². The lowest BCUT2D eigenvalue weighted by atomic mass is 9.97. The molecule has 248 valence electrons. The molecule has 2 aromatic carbocycles. The largest absolute Gasteiger partial charge is 0.504 e. The van der Waals surface area contributed by atoms with Gasteiger partial charge in [0.25, 0.3) is 0 Å². The molecule has 0 unspecified atom stereocenters. The molecule has 0 aliphatic carbocycles. The highest BCUT2D eigenvalue weighted by atomic mass is 16.7. The van der Waals surface area contributed by atoms with Crippen molar-refractivity contribution in [3.63, 3.8) is 0 Å². The number of aliphatic hydroxyl groups excluding tert-OH is 5. The van der Waals surface area contributed by atoms with Crippen molar-refractivity contribution < 1.29 is 73.7 Å². The predicted octanol–water partition coefficient (Wildman–Crippen LogP) is -0.798. The Bertz CT molecular complexity index is 1300. The van der Waals surface area contributed by atoms with Crippen molar-refractivity contribution in [2.75, 3.05) is 34.0 Å². The maximum Gasteiger partial charge on any atom is 0.331 e. The molecular formula is C30H38O15. The highest BCUT2D eigenvalue weighted by Crippen LogP contribution is 2.31. The summed E-state index contributed by atoms with van der Waals surface area (Å²) in [5.74, 6) is -0.618. The lowest BCUT2D eigenvalue weighted by Crippen LogP contribution is -2.64. The van der Waals surface area contributed by atoms with Gasteiger partial charge >= 0.3 is 5.97 Å². The predicted molar refractivity (Wildman–Crippen MR) is 152 cm³/mol. The summed E-state index contributed by atoms with van der Waals surface area (Å²) in [5.41, 5.74) is 1.22. The van der Waals surface area contributed by atoms with E-state index in [4.69, 9.17) is 33.2 Å². The van der Waals surface area contributed by atoms with E-state index in [1.165, 1.54) is 44.6 Å². The number of benzene rings is 2. The molecule has 0 amide bonds. The number of aliphatic hydroxyl groups is 5. The van der Waals surface area contributed by atoms with Crippen molar-refractivity contribution in [1.29, 1.82) is 0 Å². The number of phenolic OH excluding ortho intramolecular Hbond substituents is 2. The number of methoxy groups -OCH3 is 2. The monoisotopic (exact) mass is 638 g/mol. The summed E-state index contributed by atoms with van der Waals surface area (Å²) in [7, 11) is 2.78. The van der Waals surface area contributed by atoms with E-state index in [1.807, 2.05) is 0 Å². The summed E-state index contributed by atoms with van der Waals surface area (Å²) < 4.78 is 38.4. The fourth-order valence-electron chi connectivity index (χ4n) is 4.84. The number of aromatic hydroxyl groups is 2. The zero-order valence-corrected chi connectivity index (χ0v) is 24.5. The van der Waals surface area contributed by atoms with Crippen LogP contribution in [-0.4, -0.2) is 131 Å². The molecule has 0 aromatic heterocycles. The van der Waals surface area contributed by atoms with Crippen LogP contribution < -0.4 is 9.47 Å². The molecule has 0 saturated carbocycles. The van der Waals surface area contributed by atoms with Crippen LogP contribution >= 0.6 is 0 Å². The van der Waals surface area contributed by atoms with E-state index in [0.717, 1.165) is 11.6 Å². The molecule has 2 aromatic rings. The third kappa shape index (κ3) is 8.40. The first-order chi connectivity index (χ1) is 21.6. The molecule has 0 spiro atoms. The molecule has 2 aliphatic rings. The SMILES string of the molecule is COc1cc(C=CC(=O)O[C@H]2[C@H](O[C@@H]3OC[C@@H](O)[C@H](O)[C@H]3O)[C@@H](O)[C@H](OCCc3ccc(O)c(OC)c3)O[C@@H]2CO)ccc1O. The minimum atomic E-state index is -1.74. The third-order valence-electron chi connectivity index (χ3n) is 7.32. The Morgan fingerprint density at radius 1 is 0.911 bits per heavy atom. The van der Waals surface area contributed by atoms with Crippen LogP contribution in [0.2, 0.25) is 0 Å². The van der Waals surface area contributed by atoms with E-state index < -0.39 is 74.5 Å². The minimum Gasteiger partial charge on any atom is -0.504 e. The average molecular weight is 639 g/mol. The normalized spacial score (nSPS) is 30.2. The second-order valence-electron chi connectivity index (χ2n) is 10.4. The van der Waals surface area contributed by atoms with Crippen molar-refractivity contribution in [2.24, 2.45) is 0 Å². The molecule has 2 fully saturated rings. The van der Waals surface area contributed by atoms with Gasteiger partial charge in [-0.15, -0.1) is 0 Å². The van der Waals surface area contributed by atoms with Crippen molar-refractivity contribution >= 4 is 12.0 Å². The van der Waals surface area contributed by atoms with Crippen molar-refractivity contribution in [3.05, 3.63) is 53.6 Å². The number of carbonyl (C=O) groups is 1. The average Bonchev–Trinajstić information content (AvgIpc) is 3.03. The maximum absolute atomic E-state index is 12.9. The van der Waals surface area contributed by atoms with Gasteiger partial charge < -0.3 is 68.9 Å². The Balaban J connectivity index is 1.51. The molecule has 15 heteroatoms. The quantitative estimate of drug-likeness (QED) is 0.112. The number of hydrogen-bond acceptors (Lipinski definition) is 15. The summed E-state index contributed by atoms with van der Waals surface area (Å²) in [6.07, 6.45) is -10.9. The van der Waals surface area contributed by atoms with Crippen LogP contribution in [0.5, 0.6) is 23.0 Å². The van der Waals surface area contributed by atoms with E-state index >= 15 is 0 Å². The van der Waals surface area contributed by atoms with E-state index in [2.05, 4.69) is 0 Å². The summed E-state index contributed by atoms with van der Waals surface area (Å²) in [4.78, 5) is 12.9. The number of phenols is 2. The van der Waals surface area contributed by atoms with Gasteiger partial charge in [0, 0.05) is 6.08 Å². The Morgan fingerprint density at radius 3 is 2.29 bits per heavy atom. The van der Waals surface area contributed by atoms with Gasteiger partial charge in [0.15, 0.2) is 41.7 Å². The lowest BCUT2D eigenvalue weighted by Gasteiger charge is -2.45. The fraction of sp³-hybridized carbons (Fsp3) is 0.500. The minimum absolute atomic E-state index is 0.00271. The molecule has 0 radical (unpaired) electrons. The van der Waals surface area contributed by atoms with E-state index in [0.29, 0.717) is 12.0 Å². The molecule has 4 rings (SSSR count). The van der Waals surface area contributed by atoms with Crippen LogP contribution in [-0.2, 0) is 34.9 Å². The molecule has 2 heterocycles. The van der Waals surface area contributed by atoms with Gasteiger partial charge in [-0.25, -0.2) is 4.79 Å². The van der Waals surface area contributed by atoms with Gasteiger partial charge in [-0.05, 0) is 47.9 Å². The first-order valence-electron chi connectivity index (χ1n) is 14.0. The Labute approximate surface area is 258 Å². The first-order valence-corrected chi connectivity index (χ1v) is 14.0. The topological polar surface area (TPSA) is 223 Å². The zero-order valence-electron chi connectivity index (χ0n) is 24.5. The van der Waals surface area contributed by atoms with Gasteiger partial charge in [-0.1, -0.05) is 12.1 Å². The molecule has 2 saturated heterocycles. The zero-order chi connectivity index (χ0) is 32.7. The number of hydrogen-bond donors (Lipinski definition) is 7. The second-order valence-corrected chi connectivity index (χ2v) is 10.4.